The fourth-order valence-corrected chi connectivity index (χ4v) is 1.70. The van der Waals surface area contributed by atoms with E-state index >= 15 is 0 Å². The maximum atomic E-state index is 11.9. The fourth-order valence-electron chi connectivity index (χ4n) is 1.70. The molecule has 5 nitrogen and oxygen atoms in total. The highest BCUT2D eigenvalue weighted by Crippen LogP contribution is 2.21. The first kappa shape index (κ1) is 17.3. The molecular weight excluding hydrogens is 268 g/mol. The van der Waals surface area contributed by atoms with Crippen LogP contribution in [0.15, 0.2) is 18.2 Å². The van der Waals surface area contributed by atoms with Crippen LogP contribution in [0.5, 0.6) is 5.75 Å². The normalized spacial score (nSPS) is 11.1. The molecule has 0 radical (unpaired) electrons. The molecule has 3 N–H and O–H groups in total. The zero-order valence-electron chi connectivity index (χ0n) is 13.3. The van der Waals surface area contributed by atoms with Gasteiger partial charge in [-0.2, -0.15) is 0 Å². The van der Waals surface area contributed by atoms with Crippen molar-refractivity contribution in [3.63, 3.8) is 0 Å². The molecule has 5 heteroatoms. The Morgan fingerprint density at radius 1 is 1.38 bits per heavy atom. The van der Waals surface area contributed by atoms with Gasteiger partial charge in [-0.1, -0.05) is 13.3 Å². The first-order chi connectivity index (χ1) is 9.88. The van der Waals surface area contributed by atoms with E-state index in [1.54, 1.807) is 13.8 Å². The lowest BCUT2D eigenvalue weighted by molar-refractivity contribution is 0.187. The molecule has 1 rings (SSSR count). The van der Waals surface area contributed by atoms with Gasteiger partial charge in [-0.15, -0.1) is 0 Å². The number of rotatable bonds is 7. The predicted molar refractivity (Wildman–Crippen MR) is 84.9 cm³/mol. The Morgan fingerprint density at radius 2 is 2.10 bits per heavy atom. The number of unbranched alkanes of at least 4 members (excludes halogenated alkanes) is 1. The molecule has 1 aromatic rings. The molecule has 0 aromatic heterocycles. The average Bonchev–Trinajstić information content (AvgIpc) is 2.41. The topological polar surface area (TPSA) is 70.6 Å². The number of benzene rings is 1. The maximum Gasteiger partial charge on any atom is 0.319 e. The number of nitrogens with one attached hydrogen (secondary N) is 2. The molecule has 21 heavy (non-hydrogen) atoms. The number of amides is 2. The highest BCUT2D eigenvalue weighted by molar-refractivity contribution is 5.90. The first-order valence-electron chi connectivity index (χ1n) is 7.31. The molecular formula is C16H26N2O3. The van der Waals surface area contributed by atoms with E-state index in [1.807, 2.05) is 25.1 Å². The third-order valence-corrected chi connectivity index (χ3v) is 3.06. The summed E-state index contributed by atoms with van der Waals surface area (Å²) in [6, 6.07) is 5.23. The molecule has 2 amide bonds. The van der Waals surface area contributed by atoms with Gasteiger partial charge in [0.05, 0.1) is 18.8 Å². The Labute approximate surface area is 126 Å². The van der Waals surface area contributed by atoms with Crippen molar-refractivity contribution >= 4 is 11.7 Å². The van der Waals surface area contributed by atoms with Crippen molar-refractivity contribution in [2.45, 2.75) is 46.1 Å². The zero-order valence-corrected chi connectivity index (χ0v) is 13.3. The molecule has 0 atom stereocenters. The number of anilines is 1. The van der Waals surface area contributed by atoms with E-state index in [0.29, 0.717) is 6.61 Å². The van der Waals surface area contributed by atoms with Gasteiger partial charge in [0.25, 0.3) is 0 Å². The van der Waals surface area contributed by atoms with Gasteiger partial charge in [0.2, 0.25) is 0 Å². The van der Waals surface area contributed by atoms with E-state index in [9.17, 15) is 4.79 Å². The average molecular weight is 294 g/mol. The highest BCUT2D eigenvalue weighted by atomic mass is 16.5. The van der Waals surface area contributed by atoms with Gasteiger partial charge in [-0.3, -0.25) is 0 Å². The van der Waals surface area contributed by atoms with Crippen LogP contribution < -0.4 is 15.4 Å². The molecule has 0 spiro atoms. The molecule has 0 heterocycles. The van der Waals surface area contributed by atoms with Crippen LogP contribution in [0.1, 0.15) is 39.2 Å². The molecule has 0 fully saturated rings. The van der Waals surface area contributed by atoms with E-state index in [-0.39, 0.29) is 12.6 Å². The monoisotopic (exact) mass is 294 g/mol. The zero-order chi connectivity index (χ0) is 15.9. The van der Waals surface area contributed by atoms with E-state index in [2.05, 4.69) is 17.6 Å². The van der Waals surface area contributed by atoms with Gasteiger partial charge >= 0.3 is 6.03 Å². The van der Waals surface area contributed by atoms with E-state index in [0.717, 1.165) is 29.8 Å². The number of hydrogen-bond donors (Lipinski definition) is 3. The summed E-state index contributed by atoms with van der Waals surface area (Å²) in [6.07, 6.45) is 2.12. The summed E-state index contributed by atoms with van der Waals surface area (Å²) in [6.45, 7) is 8.12. The minimum Gasteiger partial charge on any atom is -0.494 e. The van der Waals surface area contributed by atoms with Gasteiger partial charge in [-0.25, -0.2) is 4.79 Å². The Balaban J connectivity index is 2.62. The summed E-state index contributed by atoms with van der Waals surface area (Å²) in [7, 11) is 0. The summed E-state index contributed by atoms with van der Waals surface area (Å²) >= 11 is 0. The minimum absolute atomic E-state index is 0.121. The van der Waals surface area contributed by atoms with Crippen LogP contribution in [-0.4, -0.2) is 29.9 Å². The Bertz CT molecular complexity index is 473. The largest absolute Gasteiger partial charge is 0.494 e. The van der Waals surface area contributed by atoms with Crippen molar-refractivity contribution in [3.8, 4) is 5.75 Å². The van der Waals surface area contributed by atoms with Gasteiger partial charge in [0, 0.05) is 5.69 Å². The third kappa shape index (κ3) is 6.04. The molecule has 0 aliphatic rings. The Morgan fingerprint density at radius 3 is 2.67 bits per heavy atom. The molecule has 0 aliphatic heterocycles. The number of aliphatic hydroxyl groups is 1. The van der Waals surface area contributed by atoms with Crippen LogP contribution in [0.4, 0.5) is 10.5 Å². The van der Waals surface area contributed by atoms with Crippen molar-refractivity contribution in [2.24, 2.45) is 0 Å². The number of carbonyl (C=O) groups is 1. The number of urea groups is 1. The number of aliphatic hydroxyl groups excluding tert-OH is 1. The SMILES string of the molecule is CCCCOc1ccc(NC(=O)NC(C)(C)CO)c(C)c1. The van der Waals surface area contributed by atoms with Crippen molar-refractivity contribution in [1.82, 2.24) is 5.32 Å². The first-order valence-corrected chi connectivity index (χ1v) is 7.31. The van der Waals surface area contributed by atoms with Crippen LogP contribution in [0.25, 0.3) is 0 Å². The second-order valence-corrected chi connectivity index (χ2v) is 5.80. The molecule has 0 bridgehead atoms. The predicted octanol–water partition coefficient (Wildman–Crippen LogP) is 3.07. The molecule has 0 saturated heterocycles. The Kier molecular flexibility index (Phi) is 6.49. The highest BCUT2D eigenvalue weighted by Gasteiger charge is 2.19. The quantitative estimate of drug-likeness (QED) is 0.677. The van der Waals surface area contributed by atoms with Gasteiger partial charge in [0.1, 0.15) is 5.75 Å². The second-order valence-electron chi connectivity index (χ2n) is 5.80. The van der Waals surface area contributed by atoms with Crippen LogP contribution in [0.2, 0.25) is 0 Å². The summed E-state index contributed by atoms with van der Waals surface area (Å²) < 4.78 is 5.62. The number of carbonyl (C=O) groups excluding carboxylic acids is 1. The smallest absolute Gasteiger partial charge is 0.319 e. The number of hydrogen-bond acceptors (Lipinski definition) is 3. The maximum absolute atomic E-state index is 11.9. The lowest BCUT2D eigenvalue weighted by Crippen LogP contribution is -2.48. The van der Waals surface area contributed by atoms with Crippen molar-refractivity contribution in [2.75, 3.05) is 18.5 Å². The number of ether oxygens (including phenoxy) is 1. The standard InChI is InChI=1S/C16H26N2O3/c1-5-6-9-21-13-7-8-14(12(2)10-13)17-15(20)18-16(3,4)11-19/h7-8,10,19H,5-6,9,11H2,1-4H3,(H2,17,18,20). The third-order valence-electron chi connectivity index (χ3n) is 3.06. The van der Waals surface area contributed by atoms with Crippen molar-refractivity contribution in [3.05, 3.63) is 23.8 Å². The summed E-state index contributed by atoms with van der Waals surface area (Å²) in [5.74, 6) is 0.808. The van der Waals surface area contributed by atoms with Crippen LogP contribution >= 0.6 is 0 Å². The van der Waals surface area contributed by atoms with E-state index < -0.39 is 5.54 Å². The molecule has 0 unspecified atom stereocenters. The molecule has 118 valence electrons. The Hall–Kier alpha value is -1.75. The van der Waals surface area contributed by atoms with Gasteiger partial charge in [0.15, 0.2) is 0 Å². The second kappa shape index (κ2) is 7.88. The number of aryl methyl sites for hydroxylation is 1. The van der Waals surface area contributed by atoms with Gasteiger partial charge < -0.3 is 20.5 Å². The lowest BCUT2D eigenvalue weighted by atomic mass is 10.1. The summed E-state index contributed by atoms with van der Waals surface area (Å²) in [4.78, 5) is 11.9. The van der Waals surface area contributed by atoms with E-state index in [1.165, 1.54) is 0 Å². The van der Waals surface area contributed by atoms with Crippen LogP contribution in [-0.2, 0) is 0 Å². The molecule has 0 saturated carbocycles. The summed E-state index contributed by atoms with van der Waals surface area (Å²) in [5.41, 5.74) is 1.01. The van der Waals surface area contributed by atoms with Crippen molar-refractivity contribution < 1.29 is 14.6 Å². The van der Waals surface area contributed by atoms with Crippen molar-refractivity contribution in [1.29, 1.82) is 0 Å². The minimum atomic E-state index is -0.652. The van der Waals surface area contributed by atoms with E-state index in [4.69, 9.17) is 9.84 Å². The van der Waals surface area contributed by atoms with Crippen LogP contribution in [0, 0.1) is 6.92 Å². The molecule has 0 aliphatic carbocycles. The lowest BCUT2D eigenvalue weighted by Gasteiger charge is -2.24. The van der Waals surface area contributed by atoms with Crippen LogP contribution in [0.3, 0.4) is 0 Å². The molecule has 1 aromatic carbocycles. The fraction of sp³-hybridized carbons (Fsp3) is 0.562. The summed E-state index contributed by atoms with van der Waals surface area (Å²) in [5, 5.41) is 14.6. The van der Waals surface area contributed by atoms with Gasteiger partial charge in [-0.05, 0) is 51.0 Å².